The van der Waals surface area contributed by atoms with Crippen LogP contribution in [0.15, 0.2) is 24.5 Å². The van der Waals surface area contributed by atoms with Crippen molar-refractivity contribution in [2.45, 2.75) is 45.2 Å². The van der Waals surface area contributed by atoms with Crippen LogP contribution in [0.3, 0.4) is 0 Å². The molecule has 0 radical (unpaired) electrons. The molecule has 2 aromatic heterocycles. The van der Waals surface area contributed by atoms with Crippen LogP contribution in [-0.2, 0) is 0 Å². The molecule has 1 aromatic carbocycles. The number of alkyl halides is 2. The first-order valence-electron chi connectivity index (χ1n) is 10.3. The van der Waals surface area contributed by atoms with Crippen LogP contribution >= 0.6 is 0 Å². The summed E-state index contributed by atoms with van der Waals surface area (Å²) in [5.41, 5.74) is 1.92. The van der Waals surface area contributed by atoms with Crippen LogP contribution in [-0.4, -0.2) is 25.1 Å². The highest BCUT2D eigenvalue weighted by Crippen LogP contribution is 2.67. The summed E-state index contributed by atoms with van der Waals surface area (Å²) in [7, 11) is 0. The molecule has 8 nitrogen and oxygen atoms in total. The number of ether oxygens (including phenoxy) is 1. The fourth-order valence-corrected chi connectivity index (χ4v) is 4.94. The van der Waals surface area contributed by atoms with E-state index in [4.69, 9.17) is 10.00 Å². The van der Waals surface area contributed by atoms with Gasteiger partial charge in [-0.1, -0.05) is 0 Å². The van der Waals surface area contributed by atoms with E-state index in [2.05, 4.69) is 26.3 Å². The number of nitrogens with zero attached hydrogens (tertiary/aromatic N) is 6. The van der Waals surface area contributed by atoms with Gasteiger partial charge in [0.05, 0.1) is 17.6 Å². The Morgan fingerprint density at radius 3 is 2.48 bits per heavy atom. The maximum absolute atomic E-state index is 13.6. The molecular formula is C23H19F2N7O. The molecule has 3 aromatic rings. The molecule has 0 spiro atoms. The number of rotatable bonds is 6. The number of aromatic nitrogens is 4. The first-order valence-corrected chi connectivity index (χ1v) is 10.3. The highest BCUT2D eigenvalue weighted by Gasteiger charge is 2.69. The van der Waals surface area contributed by atoms with Crippen molar-refractivity contribution in [3.05, 3.63) is 41.2 Å². The zero-order chi connectivity index (χ0) is 23.4. The van der Waals surface area contributed by atoms with Gasteiger partial charge in [0.1, 0.15) is 12.1 Å². The summed E-state index contributed by atoms with van der Waals surface area (Å²) >= 11 is 0. The summed E-state index contributed by atoms with van der Waals surface area (Å²) in [6, 6.07) is 7.97. The molecule has 3 aliphatic rings. The van der Waals surface area contributed by atoms with Gasteiger partial charge in [-0.3, -0.25) is 4.57 Å². The number of hydrogen-bond donors (Lipinski definition) is 1. The van der Waals surface area contributed by atoms with E-state index in [1.807, 2.05) is 32.0 Å². The highest BCUT2D eigenvalue weighted by molar-refractivity contribution is 5.79. The molecule has 3 aliphatic carbocycles. The number of benzene rings is 1. The number of aryl methyl sites for hydroxylation is 2. The monoisotopic (exact) mass is 447 g/mol. The summed E-state index contributed by atoms with van der Waals surface area (Å²) < 4.78 is 34.0. The number of halogens is 2. The Morgan fingerprint density at radius 2 is 1.88 bits per heavy atom. The fourth-order valence-electron chi connectivity index (χ4n) is 4.94. The third-order valence-corrected chi connectivity index (χ3v) is 6.28. The normalized spacial score (nSPS) is 23.1. The lowest BCUT2D eigenvalue weighted by atomic mass is 9.40. The number of allylic oxidation sites excluding steroid dienone is 1. The topological polar surface area (TPSA) is 112 Å². The van der Waals surface area contributed by atoms with Crippen molar-refractivity contribution >= 4 is 23.2 Å². The van der Waals surface area contributed by atoms with Crippen molar-refractivity contribution in [3.63, 3.8) is 0 Å². The van der Waals surface area contributed by atoms with Gasteiger partial charge in [-0.25, -0.2) is 4.98 Å². The Hall–Kier alpha value is -4.05. The van der Waals surface area contributed by atoms with Crippen LogP contribution in [0.25, 0.3) is 17.2 Å². The van der Waals surface area contributed by atoms with Crippen LogP contribution < -0.4 is 10.1 Å². The second kappa shape index (κ2) is 7.24. The molecule has 166 valence electrons. The molecule has 2 heterocycles. The van der Waals surface area contributed by atoms with Gasteiger partial charge in [0.2, 0.25) is 5.95 Å². The molecule has 33 heavy (non-hydrogen) atoms. The van der Waals surface area contributed by atoms with Gasteiger partial charge in [-0.05, 0) is 68.0 Å². The smallest absolute Gasteiger partial charge is 0.320 e. The molecule has 2 bridgehead atoms. The molecule has 1 N–H and O–H groups in total. The summed E-state index contributed by atoms with van der Waals surface area (Å²) in [6.07, 6.45) is 6.18. The molecule has 10 heteroatoms. The molecule has 3 fully saturated rings. The van der Waals surface area contributed by atoms with Crippen molar-refractivity contribution in [3.8, 4) is 23.8 Å². The van der Waals surface area contributed by atoms with Crippen LogP contribution in [0.1, 0.15) is 42.5 Å². The van der Waals surface area contributed by atoms with Gasteiger partial charge in [-0.15, -0.1) is 0 Å². The van der Waals surface area contributed by atoms with Gasteiger partial charge < -0.3 is 10.1 Å². The number of anilines is 1. The average Bonchev–Trinajstić information content (AvgIpc) is 3.15. The first kappa shape index (κ1) is 20.8. The third-order valence-electron chi connectivity index (χ3n) is 6.28. The van der Waals surface area contributed by atoms with Gasteiger partial charge in [0.25, 0.3) is 5.88 Å². The predicted octanol–water partition coefficient (Wildman–Crippen LogP) is 5.03. The average molecular weight is 447 g/mol. The van der Waals surface area contributed by atoms with E-state index in [1.165, 1.54) is 6.08 Å². The number of nitrogens with one attached hydrogen (secondary N) is 1. The lowest BCUT2D eigenvalue weighted by Crippen LogP contribution is -2.70. The van der Waals surface area contributed by atoms with Gasteiger partial charge in [0.15, 0.2) is 11.2 Å². The molecule has 6 rings (SSSR count). The third kappa shape index (κ3) is 3.35. The number of nitriles is 2. The van der Waals surface area contributed by atoms with Crippen molar-refractivity contribution in [2.24, 2.45) is 5.41 Å². The van der Waals surface area contributed by atoms with E-state index in [0.29, 0.717) is 29.6 Å². The molecule has 3 saturated carbocycles. The quantitative estimate of drug-likeness (QED) is 0.528. The zero-order valence-corrected chi connectivity index (χ0v) is 17.9. The standard InChI is InChI=1S/C23H19F2N7O/c1-13-6-15(4-3-5-26)7-14(2)17(13)33-19-16-18(28-12-32(16)20(24)25)29-21(30-19)31-23-8-22(9-23,10-23)11-27/h3-4,6-7,12,20H,8-10H2,1-2H3,(H,29,30,31)/b4-3+. The van der Waals surface area contributed by atoms with E-state index in [9.17, 15) is 14.0 Å². The SMILES string of the molecule is Cc1cc(/C=C/C#N)cc(C)c1Oc1nc(NC23CC(C#N)(C2)C3)nc2ncn(C(F)F)c12. The number of imidazole rings is 1. The minimum atomic E-state index is -2.84. The predicted molar refractivity (Wildman–Crippen MR) is 115 cm³/mol. The van der Waals surface area contributed by atoms with Crippen molar-refractivity contribution < 1.29 is 13.5 Å². The van der Waals surface area contributed by atoms with E-state index in [1.54, 1.807) is 6.08 Å². The van der Waals surface area contributed by atoms with Crippen LogP contribution in [0.4, 0.5) is 14.7 Å². The van der Waals surface area contributed by atoms with E-state index >= 15 is 0 Å². The van der Waals surface area contributed by atoms with Gasteiger partial charge >= 0.3 is 6.55 Å². The van der Waals surface area contributed by atoms with Crippen LogP contribution in [0.5, 0.6) is 11.6 Å². The summed E-state index contributed by atoms with van der Waals surface area (Å²) in [5.74, 6) is 0.673. The van der Waals surface area contributed by atoms with E-state index in [0.717, 1.165) is 23.0 Å². The number of hydrogen-bond acceptors (Lipinski definition) is 7. The van der Waals surface area contributed by atoms with Crippen LogP contribution in [0, 0.1) is 41.9 Å². The Morgan fingerprint density at radius 1 is 1.18 bits per heavy atom. The zero-order valence-electron chi connectivity index (χ0n) is 17.9. The maximum atomic E-state index is 13.6. The van der Waals surface area contributed by atoms with E-state index in [-0.39, 0.29) is 33.9 Å². The Balaban J connectivity index is 1.54. The number of fused-ring (bicyclic) bond motifs is 1. The molecule has 0 atom stereocenters. The molecule has 0 unspecified atom stereocenters. The van der Waals surface area contributed by atoms with Crippen LogP contribution in [0.2, 0.25) is 0 Å². The Labute approximate surface area is 188 Å². The summed E-state index contributed by atoms with van der Waals surface area (Å²) in [5, 5.41) is 21.3. The lowest BCUT2D eigenvalue weighted by Gasteiger charge is -2.66. The maximum Gasteiger partial charge on any atom is 0.320 e. The summed E-state index contributed by atoms with van der Waals surface area (Å²) in [4.78, 5) is 12.8. The second-order valence-corrected chi connectivity index (χ2v) is 8.83. The fraction of sp³-hybridized carbons (Fsp3) is 0.348. The Bertz CT molecular complexity index is 1350. The first-order chi connectivity index (χ1) is 15.8. The van der Waals surface area contributed by atoms with E-state index < -0.39 is 6.55 Å². The van der Waals surface area contributed by atoms with Crippen molar-refractivity contribution in [2.75, 3.05) is 5.32 Å². The van der Waals surface area contributed by atoms with Gasteiger partial charge in [-0.2, -0.15) is 29.3 Å². The largest absolute Gasteiger partial charge is 0.436 e. The molecule has 0 amide bonds. The van der Waals surface area contributed by atoms with Crippen molar-refractivity contribution in [1.82, 2.24) is 19.5 Å². The minimum Gasteiger partial charge on any atom is -0.436 e. The molecule has 0 saturated heterocycles. The van der Waals surface area contributed by atoms with Gasteiger partial charge in [0, 0.05) is 11.6 Å². The van der Waals surface area contributed by atoms with Crippen molar-refractivity contribution in [1.29, 1.82) is 10.5 Å². The lowest BCUT2D eigenvalue weighted by molar-refractivity contribution is -0.0665. The highest BCUT2D eigenvalue weighted by atomic mass is 19.3. The molecule has 0 aliphatic heterocycles. The second-order valence-electron chi connectivity index (χ2n) is 8.83. The summed E-state index contributed by atoms with van der Waals surface area (Å²) in [6.45, 7) is 0.822. The molecular weight excluding hydrogens is 428 g/mol. The minimum absolute atomic E-state index is 0.00565. The Kier molecular flexibility index (Phi) is 4.57.